The van der Waals surface area contributed by atoms with E-state index in [4.69, 9.17) is 0 Å². The summed E-state index contributed by atoms with van der Waals surface area (Å²) in [6, 6.07) is 0.578. The Morgan fingerprint density at radius 2 is 1.84 bits per heavy atom. The van der Waals surface area contributed by atoms with Gasteiger partial charge < -0.3 is 15.1 Å². The summed E-state index contributed by atoms with van der Waals surface area (Å²) in [6.45, 7) is 6.37. The number of anilines is 2. The van der Waals surface area contributed by atoms with Gasteiger partial charge >= 0.3 is 0 Å². The molecule has 0 bridgehead atoms. The lowest BCUT2D eigenvalue weighted by molar-refractivity contribution is 0.252. The summed E-state index contributed by atoms with van der Waals surface area (Å²) >= 11 is 0. The van der Waals surface area contributed by atoms with Gasteiger partial charge in [0.15, 0.2) is 0 Å². The van der Waals surface area contributed by atoms with Gasteiger partial charge in [0.25, 0.3) is 0 Å². The molecule has 0 aliphatic carbocycles. The molecule has 0 amide bonds. The van der Waals surface area contributed by atoms with E-state index in [1.54, 1.807) is 0 Å². The largest absolute Gasteiger partial charge is 0.373 e. The molecule has 5 heteroatoms. The summed E-state index contributed by atoms with van der Waals surface area (Å²) in [7, 11) is 6.26. The molecule has 1 fully saturated rings. The quantitative estimate of drug-likeness (QED) is 0.898. The standard InChI is InChI=1S/C14H25N5/c1-10-13(15-3)16-11(2)17-14(10)19(5)12-6-8-18(4)9-7-12/h12H,6-9H2,1-5H3,(H,15,16,17). The molecule has 0 spiro atoms. The van der Waals surface area contributed by atoms with Crippen molar-refractivity contribution in [3.05, 3.63) is 11.4 Å². The summed E-state index contributed by atoms with van der Waals surface area (Å²) < 4.78 is 0. The highest BCUT2D eigenvalue weighted by atomic mass is 15.2. The maximum atomic E-state index is 4.64. The summed E-state index contributed by atoms with van der Waals surface area (Å²) in [5.74, 6) is 2.82. The van der Waals surface area contributed by atoms with Crippen LogP contribution >= 0.6 is 0 Å². The van der Waals surface area contributed by atoms with Crippen molar-refractivity contribution in [1.29, 1.82) is 0 Å². The molecule has 2 heterocycles. The number of nitrogens with zero attached hydrogens (tertiary/aromatic N) is 4. The maximum absolute atomic E-state index is 4.64. The zero-order valence-corrected chi connectivity index (χ0v) is 12.7. The molecule has 1 aromatic heterocycles. The van der Waals surface area contributed by atoms with Gasteiger partial charge in [-0.05, 0) is 46.8 Å². The molecule has 1 N–H and O–H groups in total. The molecule has 0 unspecified atom stereocenters. The van der Waals surface area contributed by atoms with Crippen molar-refractivity contribution in [2.75, 3.05) is 44.4 Å². The molecule has 1 saturated heterocycles. The van der Waals surface area contributed by atoms with E-state index in [0.29, 0.717) is 6.04 Å². The number of hydrogen-bond acceptors (Lipinski definition) is 5. The van der Waals surface area contributed by atoms with Gasteiger partial charge in [0.05, 0.1) is 0 Å². The van der Waals surface area contributed by atoms with Crippen LogP contribution in [0, 0.1) is 13.8 Å². The van der Waals surface area contributed by atoms with Crippen LogP contribution in [0.1, 0.15) is 24.2 Å². The van der Waals surface area contributed by atoms with Crippen molar-refractivity contribution < 1.29 is 0 Å². The molecule has 0 saturated carbocycles. The van der Waals surface area contributed by atoms with Gasteiger partial charge in [-0.15, -0.1) is 0 Å². The van der Waals surface area contributed by atoms with E-state index >= 15 is 0 Å². The van der Waals surface area contributed by atoms with Gasteiger partial charge in [-0.25, -0.2) is 9.97 Å². The lowest BCUT2D eigenvalue weighted by Gasteiger charge is -2.36. The first-order valence-corrected chi connectivity index (χ1v) is 6.97. The van der Waals surface area contributed by atoms with Crippen molar-refractivity contribution in [1.82, 2.24) is 14.9 Å². The summed E-state index contributed by atoms with van der Waals surface area (Å²) in [4.78, 5) is 13.8. The van der Waals surface area contributed by atoms with Crippen LogP contribution in [0.5, 0.6) is 0 Å². The van der Waals surface area contributed by atoms with Crippen LogP contribution in [0.25, 0.3) is 0 Å². The highest BCUT2D eigenvalue weighted by Gasteiger charge is 2.23. The molecule has 0 radical (unpaired) electrons. The number of rotatable bonds is 3. The molecular weight excluding hydrogens is 238 g/mol. The second-order valence-electron chi connectivity index (χ2n) is 5.46. The Bertz CT molecular complexity index is 438. The fourth-order valence-corrected chi connectivity index (χ4v) is 2.76. The van der Waals surface area contributed by atoms with Crippen LogP contribution in [0.15, 0.2) is 0 Å². The zero-order chi connectivity index (χ0) is 14.0. The topological polar surface area (TPSA) is 44.3 Å². The third kappa shape index (κ3) is 2.97. The highest BCUT2D eigenvalue weighted by molar-refractivity contribution is 5.58. The van der Waals surface area contributed by atoms with Crippen LogP contribution in [-0.2, 0) is 0 Å². The minimum Gasteiger partial charge on any atom is -0.373 e. The molecule has 5 nitrogen and oxygen atoms in total. The second kappa shape index (κ2) is 5.74. The normalized spacial score (nSPS) is 17.5. The van der Waals surface area contributed by atoms with Gasteiger partial charge in [-0.1, -0.05) is 0 Å². The van der Waals surface area contributed by atoms with Crippen molar-refractivity contribution in [3.63, 3.8) is 0 Å². The van der Waals surface area contributed by atoms with E-state index in [-0.39, 0.29) is 0 Å². The minimum absolute atomic E-state index is 0.578. The third-order valence-electron chi connectivity index (χ3n) is 4.04. The average Bonchev–Trinajstić information content (AvgIpc) is 2.41. The fourth-order valence-electron chi connectivity index (χ4n) is 2.76. The molecule has 0 atom stereocenters. The van der Waals surface area contributed by atoms with Crippen molar-refractivity contribution in [3.8, 4) is 0 Å². The maximum Gasteiger partial charge on any atom is 0.137 e. The van der Waals surface area contributed by atoms with Gasteiger partial charge in [0.2, 0.25) is 0 Å². The number of likely N-dealkylation sites (tertiary alicyclic amines) is 1. The highest BCUT2D eigenvalue weighted by Crippen LogP contribution is 2.26. The molecule has 106 valence electrons. The van der Waals surface area contributed by atoms with Crippen LogP contribution < -0.4 is 10.2 Å². The molecule has 0 aromatic carbocycles. The Labute approximate surface area is 116 Å². The van der Waals surface area contributed by atoms with Gasteiger partial charge in [0.1, 0.15) is 17.5 Å². The van der Waals surface area contributed by atoms with Crippen LogP contribution in [-0.4, -0.2) is 55.1 Å². The minimum atomic E-state index is 0.578. The van der Waals surface area contributed by atoms with Crippen LogP contribution in [0.4, 0.5) is 11.6 Å². The van der Waals surface area contributed by atoms with E-state index in [2.05, 4.69) is 46.1 Å². The Kier molecular flexibility index (Phi) is 4.24. The van der Waals surface area contributed by atoms with Crippen LogP contribution in [0.2, 0.25) is 0 Å². The Hall–Kier alpha value is -1.36. The fraction of sp³-hybridized carbons (Fsp3) is 0.714. The van der Waals surface area contributed by atoms with E-state index in [9.17, 15) is 0 Å². The summed E-state index contributed by atoms with van der Waals surface area (Å²) in [5, 5.41) is 3.16. The smallest absolute Gasteiger partial charge is 0.137 e. The third-order valence-corrected chi connectivity index (χ3v) is 4.04. The van der Waals surface area contributed by atoms with Crippen molar-refractivity contribution >= 4 is 11.6 Å². The molecular formula is C14H25N5. The Morgan fingerprint density at radius 1 is 1.21 bits per heavy atom. The number of hydrogen-bond donors (Lipinski definition) is 1. The average molecular weight is 263 g/mol. The molecule has 1 aromatic rings. The zero-order valence-electron chi connectivity index (χ0n) is 12.7. The van der Waals surface area contributed by atoms with E-state index in [0.717, 1.165) is 36.1 Å². The first-order valence-electron chi connectivity index (χ1n) is 6.97. The Balaban J connectivity index is 2.23. The first kappa shape index (κ1) is 14.1. The SMILES string of the molecule is CNc1nc(C)nc(N(C)C2CCN(C)CC2)c1C. The van der Waals surface area contributed by atoms with Gasteiger partial charge in [-0.3, -0.25) is 0 Å². The van der Waals surface area contributed by atoms with Crippen LogP contribution in [0.3, 0.4) is 0 Å². The van der Waals surface area contributed by atoms with E-state index in [1.807, 2.05) is 14.0 Å². The summed E-state index contributed by atoms with van der Waals surface area (Å²) in [5.41, 5.74) is 1.13. The predicted octanol–water partition coefficient (Wildman–Crippen LogP) is 1.67. The molecule has 19 heavy (non-hydrogen) atoms. The van der Waals surface area contributed by atoms with Crippen molar-refractivity contribution in [2.45, 2.75) is 32.7 Å². The number of aromatic nitrogens is 2. The second-order valence-corrected chi connectivity index (χ2v) is 5.46. The summed E-state index contributed by atoms with van der Waals surface area (Å²) in [6.07, 6.45) is 2.40. The van der Waals surface area contributed by atoms with Crippen molar-refractivity contribution in [2.24, 2.45) is 0 Å². The Morgan fingerprint density at radius 3 is 2.42 bits per heavy atom. The predicted molar refractivity (Wildman–Crippen MR) is 80.0 cm³/mol. The van der Waals surface area contributed by atoms with Gasteiger partial charge in [-0.2, -0.15) is 0 Å². The van der Waals surface area contributed by atoms with E-state index in [1.165, 1.54) is 12.8 Å². The van der Waals surface area contributed by atoms with E-state index < -0.39 is 0 Å². The number of nitrogens with one attached hydrogen (secondary N) is 1. The molecule has 2 rings (SSSR count). The lowest BCUT2D eigenvalue weighted by Crippen LogP contribution is -2.42. The number of piperidine rings is 1. The first-order chi connectivity index (χ1) is 9.02. The lowest BCUT2D eigenvalue weighted by atomic mass is 10.0. The molecule has 1 aliphatic heterocycles. The monoisotopic (exact) mass is 263 g/mol. The van der Waals surface area contributed by atoms with Gasteiger partial charge in [0, 0.05) is 25.7 Å². The number of aryl methyl sites for hydroxylation is 1. The molecule has 1 aliphatic rings.